The summed E-state index contributed by atoms with van der Waals surface area (Å²) in [5.74, 6) is -0.101. The molecule has 142 valence electrons. The second-order valence-corrected chi connectivity index (χ2v) is 7.00. The topological polar surface area (TPSA) is 70.1 Å². The quantitative estimate of drug-likeness (QED) is 0.845. The summed E-state index contributed by atoms with van der Waals surface area (Å²) < 4.78 is 5.11. The molecule has 0 aliphatic carbocycles. The van der Waals surface area contributed by atoms with Crippen molar-refractivity contribution in [1.29, 1.82) is 0 Å². The van der Waals surface area contributed by atoms with Crippen LogP contribution in [0.4, 0.5) is 0 Å². The Hall–Kier alpha value is -2.44. The number of phenols is 1. The number of aromatic hydroxyl groups is 1. The lowest BCUT2D eigenvalue weighted by molar-refractivity contribution is 0.0533. The van der Waals surface area contributed by atoms with Crippen LogP contribution in [0, 0.1) is 0 Å². The summed E-state index contributed by atoms with van der Waals surface area (Å²) in [5, 5.41) is 10.8. The highest BCUT2D eigenvalue weighted by atomic mass is 35.5. The molecule has 0 bridgehead atoms. The number of hydrogen-bond acceptors (Lipinski definition) is 4. The summed E-state index contributed by atoms with van der Waals surface area (Å²) in [5.41, 5.74) is 0.591. The van der Waals surface area contributed by atoms with E-state index in [1.54, 1.807) is 34.1 Å². The Bertz CT molecular complexity index is 860. The summed E-state index contributed by atoms with van der Waals surface area (Å²) in [6, 6.07) is 9.22. The standard InChI is InChI=1S/C19H18Cl2N2O4/c1-27-15-2-3-17(24)16(11-15)19(26)23-6-4-22(5-7-23)18(25)12-8-13(20)10-14(21)9-12/h2-3,8-11,24H,4-7H2,1H3. The van der Waals surface area contributed by atoms with Crippen LogP contribution in [0.25, 0.3) is 0 Å². The first kappa shape index (κ1) is 19.3. The molecule has 2 aromatic rings. The fourth-order valence-corrected chi connectivity index (χ4v) is 3.48. The van der Waals surface area contributed by atoms with Gasteiger partial charge in [0.15, 0.2) is 0 Å². The molecule has 1 heterocycles. The molecule has 1 fully saturated rings. The van der Waals surface area contributed by atoms with Crippen molar-refractivity contribution in [2.24, 2.45) is 0 Å². The van der Waals surface area contributed by atoms with Crippen molar-refractivity contribution in [3.8, 4) is 11.5 Å². The normalized spacial score (nSPS) is 14.2. The molecule has 6 nitrogen and oxygen atoms in total. The molecule has 1 saturated heterocycles. The number of nitrogens with zero attached hydrogens (tertiary/aromatic N) is 2. The van der Waals surface area contributed by atoms with Gasteiger partial charge in [-0.1, -0.05) is 23.2 Å². The Morgan fingerprint density at radius 3 is 2.04 bits per heavy atom. The highest BCUT2D eigenvalue weighted by molar-refractivity contribution is 6.35. The smallest absolute Gasteiger partial charge is 0.257 e. The van der Waals surface area contributed by atoms with E-state index in [0.717, 1.165) is 0 Å². The molecule has 0 spiro atoms. The molecule has 0 unspecified atom stereocenters. The predicted molar refractivity (Wildman–Crippen MR) is 103 cm³/mol. The van der Waals surface area contributed by atoms with Crippen molar-refractivity contribution in [3.05, 3.63) is 57.6 Å². The number of amides is 2. The number of carbonyl (C=O) groups is 2. The van der Waals surface area contributed by atoms with Gasteiger partial charge in [0, 0.05) is 41.8 Å². The number of ether oxygens (including phenoxy) is 1. The summed E-state index contributed by atoms with van der Waals surface area (Å²) in [6.45, 7) is 1.46. The van der Waals surface area contributed by atoms with E-state index in [0.29, 0.717) is 47.5 Å². The van der Waals surface area contributed by atoms with Gasteiger partial charge in [-0.05, 0) is 36.4 Å². The third kappa shape index (κ3) is 4.28. The number of carbonyl (C=O) groups excluding carboxylic acids is 2. The van der Waals surface area contributed by atoms with E-state index in [-0.39, 0.29) is 23.1 Å². The molecule has 0 aromatic heterocycles. The summed E-state index contributed by atoms with van der Waals surface area (Å²) in [4.78, 5) is 28.6. The maximum atomic E-state index is 12.7. The van der Waals surface area contributed by atoms with Gasteiger partial charge in [-0.15, -0.1) is 0 Å². The Balaban J connectivity index is 1.68. The van der Waals surface area contributed by atoms with E-state index in [4.69, 9.17) is 27.9 Å². The first-order valence-corrected chi connectivity index (χ1v) is 9.06. The number of methoxy groups -OCH3 is 1. The number of rotatable bonds is 3. The molecule has 2 aromatic carbocycles. The van der Waals surface area contributed by atoms with Crippen molar-refractivity contribution < 1.29 is 19.4 Å². The number of hydrogen-bond donors (Lipinski definition) is 1. The van der Waals surface area contributed by atoms with Crippen molar-refractivity contribution in [3.63, 3.8) is 0 Å². The van der Waals surface area contributed by atoms with Crippen LogP contribution >= 0.6 is 23.2 Å². The van der Waals surface area contributed by atoms with Crippen LogP contribution < -0.4 is 4.74 Å². The average Bonchev–Trinajstić information content (AvgIpc) is 2.66. The monoisotopic (exact) mass is 408 g/mol. The molecule has 1 N–H and O–H groups in total. The molecule has 2 amide bonds. The third-order valence-corrected chi connectivity index (χ3v) is 4.83. The lowest BCUT2D eigenvalue weighted by atomic mass is 10.1. The van der Waals surface area contributed by atoms with E-state index in [1.807, 2.05) is 0 Å². The highest BCUT2D eigenvalue weighted by Gasteiger charge is 2.27. The Morgan fingerprint density at radius 2 is 1.48 bits per heavy atom. The van der Waals surface area contributed by atoms with Gasteiger partial charge in [0.25, 0.3) is 11.8 Å². The van der Waals surface area contributed by atoms with Crippen LogP contribution in [-0.2, 0) is 0 Å². The molecule has 3 rings (SSSR count). The second-order valence-electron chi connectivity index (χ2n) is 6.13. The van der Waals surface area contributed by atoms with Crippen molar-refractivity contribution in [2.45, 2.75) is 0 Å². The van der Waals surface area contributed by atoms with Gasteiger partial charge in [-0.3, -0.25) is 9.59 Å². The molecule has 0 radical (unpaired) electrons. The molecule has 1 aliphatic heterocycles. The van der Waals surface area contributed by atoms with Crippen LogP contribution in [-0.4, -0.2) is 60.0 Å². The van der Waals surface area contributed by atoms with Crippen molar-refractivity contribution in [2.75, 3.05) is 33.3 Å². The van der Waals surface area contributed by atoms with Gasteiger partial charge in [0.05, 0.1) is 12.7 Å². The van der Waals surface area contributed by atoms with Crippen LogP contribution in [0.2, 0.25) is 10.0 Å². The number of halogens is 2. The summed E-state index contributed by atoms with van der Waals surface area (Å²) >= 11 is 11.9. The third-order valence-electron chi connectivity index (χ3n) is 4.40. The van der Waals surface area contributed by atoms with E-state index in [2.05, 4.69) is 0 Å². The molecule has 0 saturated carbocycles. The van der Waals surface area contributed by atoms with Crippen LogP contribution in [0.15, 0.2) is 36.4 Å². The van der Waals surface area contributed by atoms with Gasteiger partial charge in [0.2, 0.25) is 0 Å². The van der Waals surface area contributed by atoms with Gasteiger partial charge in [-0.2, -0.15) is 0 Å². The van der Waals surface area contributed by atoms with E-state index in [1.165, 1.54) is 19.2 Å². The molecule has 8 heteroatoms. The fourth-order valence-electron chi connectivity index (χ4n) is 2.96. The average molecular weight is 409 g/mol. The number of benzene rings is 2. The fraction of sp³-hybridized carbons (Fsp3) is 0.263. The molecule has 27 heavy (non-hydrogen) atoms. The Kier molecular flexibility index (Phi) is 5.77. The Labute approximate surface area is 166 Å². The maximum Gasteiger partial charge on any atom is 0.257 e. The second kappa shape index (κ2) is 8.06. The zero-order valence-corrected chi connectivity index (χ0v) is 16.1. The summed E-state index contributed by atoms with van der Waals surface area (Å²) in [6.07, 6.45) is 0. The minimum absolute atomic E-state index is 0.104. The lowest BCUT2D eigenvalue weighted by Crippen LogP contribution is -2.50. The highest BCUT2D eigenvalue weighted by Crippen LogP contribution is 2.25. The minimum Gasteiger partial charge on any atom is -0.507 e. The van der Waals surface area contributed by atoms with E-state index < -0.39 is 0 Å². The zero-order valence-electron chi connectivity index (χ0n) is 14.6. The van der Waals surface area contributed by atoms with Gasteiger partial charge in [-0.25, -0.2) is 0 Å². The van der Waals surface area contributed by atoms with Crippen molar-refractivity contribution >= 4 is 35.0 Å². The van der Waals surface area contributed by atoms with E-state index >= 15 is 0 Å². The molecule has 1 aliphatic rings. The molecular weight excluding hydrogens is 391 g/mol. The maximum absolute atomic E-state index is 12.7. The van der Waals surface area contributed by atoms with Crippen LogP contribution in [0.1, 0.15) is 20.7 Å². The first-order valence-electron chi connectivity index (χ1n) is 8.30. The molecular formula is C19H18Cl2N2O4. The van der Waals surface area contributed by atoms with Gasteiger partial charge < -0.3 is 19.6 Å². The minimum atomic E-state index is -0.302. The van der Waals surface area contributed by atoms with E-state index in [9.17, 15) is 14.7 Å². The van der Waals surface area contributed by atoms with Crippen LogP contribution in [0.5, 0.6) is 11.5 Å². The zero-order chi connectivity index (χ0) is 19.6. The molecule has 0 atom stereocenters. The first-order chi connectivity index (χ1) is 12.9. The van der Waals surface area contributed by atoms with Crippen LogP contribution in [0.3, 0.4) is 0 Å². The number of phenolic OH excluding ortho intramolecular Hbond substituents is 1. The SMILES string of the molecule is COc1ccc(O)c(C(=O)N2CCN(C(=O)c3cc(Cl)cc(Cl)c3)CC2)c1. The van der Waals surface area contributed by atoms with Gasteiger partial charge in [0.1, 0.15) is 11.5 Å². The largest absolute Gasteiger partial charge is 0.507 e. The predicted octanol–water partition coefficient (Wildman–Crippen LogP) is 3.31. The summed E-state index contributed by atoms with van der Waals surface area (Å²) in [7, 11) is 1.49. The lowest BCUT2D eigenvalue weighted by Gasteiger charge is -2.35. The number of piperazine rings is 1. The van der Waals surface area contributed by atoms with Crippen molar-refractivity contribution in [1.82, 2.24) is 9.80 Å². The Morgan fingerprint density at radius 1 is 0.926 bits per heavy atom. The van der Waals surface area contributed by atoms with Gasteiger partial charge >= 0.3 is 0 Å².